The van der Waals surface area contributed by atoms with Crippen LogP contribution >= 0.6 is 0 Å². The summed E-state index contributed by atoms with van der Waals surface area (Å²) < 4.78 is 12.8. The molecule has 0 radical (unpaired) electrons. The summed E-state index contributed by atoms with van der Waals surface area (Å²) in [7, 11) is 3.86. The molecule has 0 fully saturated rings. The second-order valence-electron chi connectivity index (χ2n) is 4.57. The van der Waals surface area contributed by atoms with E-state index in [0.717, 1.165) is 12.0 Å². The molecule has 0 aromatic heterocycles. The highest BCUT2D eigenvalue weighted by molar-refractivity contribution is 5.18. The van der Waals surface area contributed by atoms with Crippen LogP contribution in [0.1, 0.15) is 12.5 Å². The second-order valence-corrected chi connectivity index (χ2v) is 4.57. The molecule has 0 saturated carbocycles. The van der Waals surface area contributed by atoms with Crippen LogP contribution < -0.4 is 11.2 Å². The van der Waals surface area contributed by atoms with Crippen molar-refractivity contribution in [1.29, 1.82) is 0 Å². The van der Waals surface area contributed by atoms with Crippen molar-refractivity contribution in [2.75, 3.05) is 20.6 Å². The molecule has 1 aromatic rings. The van der Waals surface area contributed by atoms with Gasteiger partial charge in [0, 0.05) is 26.2 Å². The fourth-order valence-corrected chi connectivity index (χ4v) is 1.75. The Morgan fingerprint density at radius 1 is 1.31 bits per heavy atom. The predicted octanol–water partition coefficient (Wildman–Crippen LogP) is 1.15. The van der Waals surface area contributed by atoms with Crippen LogP contribution in [0.5, 0.6) is 0 Å². The van der Waals surface area contributed by atoms with Gasteiger partial charge in [-0.05, 0) is 31.0 Å². The molecule has 0 heterocycles. The van der Waals surface area contributed by atoms with E-state index in [4.69, 9.17) is 5.73 Å². The maximum Gasteiger partial charge on any atom is 0.123 e. The van der Waals surface area contributed by atoms with Gasteiger partial charge in [0.1, 0.15) is 5.82 Å². The third kappa shape index (κ3) is 3.89. The first-order valence-corrected chi connectivity index (χ1v) is 5.35. The lowest BCUT2D eigenvalue weighted by Crippen LogP contribution is -2.55. The number of nitrogens with zero attached hydrogens (tertiary/aromatic N) is 1. The summed E-state index contributed by atoms with van der Waals surface area (Å²) >= 11 is 0. The third-order valence-electron chi connectivity index (χ3n) is 2.45. The van der Waals surface area contributed by atoms with Crippen LogP contribution in [-0.4, -0.2) is 31.2 Å². The first kappa shape index (κ1) is 13.1. The number of benzene rings is 1. The molecular weight excluding hydrogens is 205 g/mol. The van der Waals surface area contributed by atoms with Crippen LogP contribution in [0.4, 0.5) is 4.39 Å². The molecule has 3 N–H and O–H groups in total. The lowest BCUT2D eigenvalue weighted by Gasteiger charge is -2.33. The molecule has 0 bridgehead atoms. The van der Waals surface area contributed by atoms with Crippen molar-refractivity contribution in [3.63, 3.8) is 0 Å². The first-order valence-electron chi connectivity index (χ1n) is 5.35. The van der Waals surface area contributed by atoms with Crippen molar-refractivity contribution in [2.45, 2.75) is 18.9 Å². The highest BCUT2D eigenvalue weighted by atomic mass is 19.1. The van der Waals surface area contributed by atoms with Crippen LogP contribution in [0, 0.1) is 5.82 Å². The summed E-state index contributed by atoms with van der Waals surface area (Å²) in [6.45, 7) is 2.57. The van der Waals surface area contributed by atoms with E-state index >= 15 is 0 Å². The van der Waals surface area contributed by atoms with Crippen molar-refractivity contribution < 1.29 is 4.39 Å². The van der Waals surface area contributed by atoms with Gasteiger partial charge in [-0.3, -0.25) is 5.01 Å². The molecule has 90 valence electrons. The molecule has 1 unspecified atom stereocenters. The zero-order chi connectivity index (χ0) is 12.2. The molecule has 0 amide bonds. The number of nitrogens with one attached hydrogen (secondary N) is 1. The van der Waals surface area contributed by atoms with E-state index in [-0.39, 0.29) is 11.4 Å². The topological polar surface area (TPSA) is 41.3 Å². The highest BCUT2D eigenvalue weighted by Crippen LogP contribution is 2.13. The summed E-state index contributed by atoms with van der Waals surface area (Å²) in [6.07, 6.45) is 0.766. The number of halogens is 1. The van der Waals surface area contributed by atoms with Gasteiger partial charge in [-0.25, -0.2) is 9.82 Å². The van der Waals surface area contributed by atoms with Crippen LogP contribution in [0.3, 0.4) is 0 Å². The maximum absolute atomic E-state index is 12.8. The fourth-order valence-electron chi connectivity index (χ4n) is 1.75. The number of hydrogen-bond donors (Lipinski definition) is 2. The Bertz CT molecular complexity index is 324. The molecule has 0 spiro atoms. The van der Waals surface area contributed by atoms with E-state index in [1.54, 1.807) is 12.1 Å². The third-order valence-corrected chi connectivity index (χ3v) is 2.45. The molecule has 0 aliphatic heterocycles. The van der Waals surface area contributed by atoms with Gasteiger partial charge in [-0.2, -0.15) is 0 Å². The van der Waals surface area contributed by atoms with E-state index in [1.807, 2.05) is 19.1 Å². The van der Waals surface area contributed by atoms with E-state index in [1.165, 1.54) is 12.1 Å². The van der Waals surface area contributed by atoms with Crippen LogP contribution in [-0.2, 0) is 6.42 Å². The van der Waals surface area contributed by atoms with E-state index in [2.05, 4.69) is 12.3 Å². The first-order chi connectivity index (χ1) is 7.45. The van der Waals surface area contributed by atoms with Crippen molar-refractivity contribution in [3.05, 3.63) is 35.6 Å². The largest absolute Gasteiger partial charge is 0.329 e. The average Bonchev–Trinajstić information content (AvgIpc) is 2.20. The van der Waals surface area contributed by atoms with Crippen molar-refractivity contribution >= 4 is 0 Å². The molecule has 0 aliphatic carbocycles. The van der Waals surface area contributed by atoms with Gasteiger partial charge in [0.05, 0.1) is 0 Å². The summed E-state index contributed by atoms with van der Waals surface area (Å²) in [6, 6.07) is 6.53. The minimum absolute atomic E-state index is 0.207. The van der Waals surface area contributed by atoms with Crippen LogP contribution in [0.2, 0.25) is 0 Å². The Kier molecular flexibility index (Phi) is 4.41. The monoisotopic (exact) mass is 225 g/mol. The molecule has 0 saturated heterocycles. The minimum atomic E-state index is -0.209. The molecule has 0 aliphatic rings. The minimum Gasteiger partial charge on any atom is -0.329 e. The Balaban J connectivity index is 2.72. The second kappa shape index (κ2) is 5.39. The Morgan fingerprint density at radius 2 is 1.88 bits per heavy atom. The maximum atomic E-state index is 12.8. The zero-order valence-corrected chi connectivity index (χ0v) is 10.1. The molecular formula is C12H20FN3. The van der Waals surface area contributed by atoms with Gasteiger partial charge in [0.25, 0.3) is 0 Å². The summed E-state index contributed by atoms with van der Waals surface area (Å²) in [5, 5.41) is 1.89. The Morgan fingerprint density at radius 3 is 2.31 bits per heavy atom. The summed E-state index contributed by atoms with van der Waals surface area (Å²) in [5.41, 5.74) is 9.92. The smallest absolute Gasteiger partial charge is 0.123 e. The lowest BCUT2D eigenvalue weighted by atomic mass is 9.93. The number of hydrogen-bond acceptors (Lipinski definition) is 3. The quantitative estimate of drug-likeness (QED) is 0.739. The van der Waals surface area contributed by atoms with Crippen molar-refractivity contribution in [2.24, 2.45) is 5.73 Å². The predicted molar refractivity (Wildman–Crippen MR) is 64.4 cm³/mol. The lowest BCUT2D eigenvalue weighted by molar-refractivity contribution is 0.175. The average molecular weight is 225 g/mol. The Hall–Kier alpha value is -0.970. The van der Waals surface area contributed by atoms with Gasteiger partial charge < -0.3 is 5.73 Å². The summed E-state index contributed by atoms with van der Waals surface area (Å²) in [4.78, 5) is 0. The molecule has 1 rings (SSSR count). The molecule has 3 nitrogen and oxygen atoms in total. The SMILES string of the molecule is CN(C)NC(C)(CN)Cc1ccc(F)cc1. The molecule has 1 aromatic carbocycles. The standard InChI is InChI=1S/C12H20FN3/c1-12(9-14,15-16(2)3)8-10-4-6-11(13)7-5-10/h4-7,15H,8-9,14H2,1-3H3. The van der Waals surface area contributed by atoms with Gasteiger partial charge in [-0.1, -0.05) is 12.1 Å². The van der Waals surface area contributed by atoms with E-state index in [9.17, 15) is 4.39 Å². The number of hydrazine groups is 1. The van der Waals surface area contributed by atoms with Gasteiger partial charge in [0.15, 0.2) is 0 Å². The molecule has 4 heteroatoms. The zero-order valence-electron chi connectivity index (χ0n) is 10.1. The van der Waals surface area contributed by atoms with Gasteiger partial charge in [-0.15, -0.1) is 0 Å². The number of rotatable bonds is 5. The summed E-state index contributed by atoms with van der Waals surface area (Å²) in [5.74, 6) is -0.209. The number of nitrogens with two attached hydrogens (primary N) is 1. The van der Waals surface area contributed by atoms with Crippen molar-refractivity contribution in [1.82, 2.24) is 10.4 Å². The van der Waals surface area contributed by atoms with Crippen molar-refractivity contribution in [3.8, 4) is 0 Å². The molecule has 1 atom stereocenters. The fraction of sp³-hybridized carbons (Fsp3) is 0.500. The Labute approximate surface area is 96.4 Å². The van der Waals surface area contributed by atoms with Crippen LogP contribution in [0.25, 0.3) is 0 Å². The van der Waals surface area contributed by atoms with Gasteiger partial charge in [0.2, 0.25) is 0 Å². The highest BCUT2D eigenvalue weighted by Gasteiger charge is 2.23. The van der Waals surface area contributed by atoms with Crippen LogP contribution in [0.15, 0.2) is 24.3 Å². The normalized spacial score (nSPS) is 15.1. The molecule has 16 heavy (non-hydrogen) atoms. The van der Waals surface area contributed by atoms with E-state index < -0.39 is 0 Å². The van der Waals surface area contributed by atoms with E-state index in [0.29, 0.717) is 6.54 Å². The van der Waals surface area contributed by atoms with Gasteiger partial charge >= 0.3 is 0 Å².